The smallest absolute Gasteiger partial charge is 0.418 e. The molecule has 7 heteroatoms. The lowest BCUT2D eigenvalue weighted by atomic mass is 10.1. The lowest BCUT2D eigenvalue weighted by molar-refractivity contribution is 0.0708. The minimum atomic E-state index is -2.45. The van der Waals surface area contributed by atoms with Crippen LogP contribution in [0.3, 0.4) is 0 Å². The molecule has 0 rings (SSSR count). The summed E-state index contributed by atoms with van der Waals surface area (Å²) in [5.74, 6) is 0. The van der Waals surface area contributed by atoms with Crippen LogP contribution in [-0.2, 0) is 17.7 Å². The van der Waals surface area contributed by atoms with Crippen LogP contribution in [0.2, 0.25) is 25.2 Å². The molecule has 0 aliphatic rings. The molecule has 5 nitrogen and oxygen atoms in total. The van der Waals surface area contributed by atoms with Crippen molar-refractivity contribution in [1.82, 2.24) is 5.32 Å². The molecule has 0 heterocycles. The van der Waals surface area contributed by atoms with Gasteiger partial charge in [0.1, 0.15) is 0 Å². The van der Waals surface area contributed by atoms with Crippen LogP contribution in [0.5, 0.6) is 0 Å². The van der Waals surface area contributed by atoms with Crippen LogP contribution < -0.4 is 5.32 Å². The zero-order chi connectivity index (χ0) is 21.1. The predicted octanol–water partition coefficient (Wildman–Crippen LogP) is 5.60. The summed E-state index contributed by atoms with van der Waals surface area (Å²) in [6.45, 7) is 17.8. The Bertz CT molecular complexity index is 329. The van der Waals surface area contributed by atoms with E-state index in [9.17, 15) is 0 Å². The fraction of sp³-hybridized carbons (Fsp3) is 1.00. The van der Waals surface area contributed by atoms with Crippen molar-refractivity contribution in [2.75, 3.05) is 39.5 Å². The number of hydrogen-bond donors (Lipinski definition) is 1. The van der Waals surface area contributed by atoms with E-state index in [1.807, 2.05) is 20.8 Å². The Morgan fingerprint density at radius 1 is 0.536 bits per heavy atom. The Morgan fingerprint density at radius 2 is 1.00 bits per heavy atom. The third-order valence-electron chi connectivity index (χ3n) is 4.85. The molecule has 0 atom stereocenters. The van der Waals surface area contributed by atoms with Crippen LogP contribution in [0.15, 0.2) is 0 Å². The Morgan fingerprint density at radius 3 is 1.54 bits per heavy atom. The van der Waals surface area contributed by atoms with Gasteiger partial charge in [-0.25, -0.2) is 0 Å². The maximum absolute atomic E-state index is 5.90. The third kappa shape index (κ3) is 15.1. The van der Waals surface area contributed by atoms with E-state index in [1.54, 1.807) is 0 Å². The minimum absolute atomic E-state index is 0.658. The highest BCUT2D eigenvalue weighted by atomic mass is 28.4. The van der Waals surface area contributed by atoms with Gasteiger partial charge in [-0.3, -0.25) is 0 Å². The summed E-state index contributed by atoms with van der Waals surface area (Å²) in [4.78, 5) is 0. The van der Waals surface area contributed by atoms with Gasteiger partial charge in [-0.15, -0.1) is 0 Å². The topological polar surface area (TPSA) is 49.0 Å². The second-order valence-electron chi connectivity index (χ2n) is 7.90. The zero-order valence-corrected chi connectivity index (χ0v) is 21.7. The number of hydrogen-bond acceptors (Lipinski definition) is 5. The Balaban J connectivity index is 3.63. The molecule has 0 spiro atoms. The van der Waals surface area contributed by atoms with Gasteiger partial charge in [0.2, 0.25) is 0 Å². The Kier molecular flexibility index (Phi) is 18.2. The summed E-state index contributed by atoms with van der Waals surface area (Å²) >= 11 is 0. The molecule has 0 aliphatic heterocycles. The van der Waals surface area contributed by atoms with E-state index in [1.165, 1.54) is 44.6 Å². The quantitative estimate of drug-likeness (QED) is 0.188. The Labute approximate surface area is 177 Å². The van der Waals surface area contributed by atoms with Crippen molar-refractivity contribution in [3.05, 3.63) is 0 Å². The standard InChI is InChI=1S/C21H49NO4Si2/c1-7-23-27(5,6)20-16-14-12-11-13-15-18-22-19-17-21-28(24-8-2,25-9-3)26-10-4/h22H,7-21H2,1-6H3. The molecular weight excluding hydrogens is 386 g/mol. The molecule has 0 radical (unpaired) electrons. The second kappa shape index (κ2) is 18.0. The van der Waals surface area contributed by atoms with E-state index < -0.39 is 17.1 Å². The highest BCUT2D eigenvalue weighted by molar-refractivity contribution is 6.71. The van der Waals surface area contributed by atoms with Gasteiger partial charge in [-0.2, -0.15) is 0 Å². The molecule has 0 aromatic carbocycles. The average molecular weight is 436 g/mol. The van der Waals surface area contributed by atoms with Gasteiger partial charge in [0.05, 0.1) is 0 Å². The lowest BCUT2D eigenvalue weighted by Crippen LogP contribution is -2.46. The van der Waals surface area contributed by atoms with E-state index >= 15 is 0 Å². The Hall–Kier alpha value is 0.234. The van der Waals surface area contributed by atoms with Crippen LogP contribution >= 0.6 is 0 Å². The van der Waals surface area contributed by atoms with Crippen LogP contribution in [0.25, 0.3) is 0 Å². The highest BCUT2D eigenvalue weighted by Gasteiger charge is 2.39. The number of nitrogens with one attached hydrogen (secondary N) is 1. The van der Waals surface area contributed by atoms with Crippen LogP contribution in [0.1, 0.15) is 72.6 Å². The molecule has 0 aromatic rings. The van der Waals surface area contributed by atoms with Crippen LogP contribution in [0, 0.1) is 0 Å². The third-order valence-corrected chi connectivity index (χ3v) is 10.6. The minimum Gasteiger partial charge on any atom is -0.418 e. The fourth-order valence-electron chi connectivity index (χ4n) is 3.53. The molecule has 0 fully saturated rings. The van der Waals surface area contributed by atoms with Crippen molar-refractivity contribution < 1.29 is 17.7 Å². The van der Waals surface area contributed by atoms with E-state index in [-0.39, 0.29) is 0 Å². The van der Waals surface area contributed by atoms with E-state index in [2.05, 4.69) is 25.3 Å². The van der Waals surface area contributed by atoms with Gasteiger partial charge in [-0.1, -0.05) is 32.1 Å². The SMILES string of the molecule is CCO[Si](C)(C)CCCCCCCCNCCC[Si](OCC)(OCC)OCC. The normalized spacial score (nSPS) is 12.6. The van der Waals surface area contributed by atoms with Crippen molar-refractivity contribution in [1.29, 1.82) is 0 Å². The summed E-state index contributed by atoms with van der Waals surface area (Å²) in [7, 11) is -3.82. The highest BCUT2D eigenvalue weighted by Crippen LogP contribution is 2.18. The lowest BCUT2D eigenvalue weighted by Gasteiger charge is -2.28. The number of rotatable bonds is 21. The van der Waals surface area contributed by atoms with E-state index in [0.717, 1.165) is 32.2 Å². The van der Waals surface area contributed by atoms with Crippen molar-refractivity contribution in [3.8, 4) is 0 Å². The van der Waals surface area contributed by atoms with Gasteiger partial charge in [0.15, 0.2) is 8.32 Å². The van der Waals surface area contributed by atoms with E-state index in [0.29, 0.717) is 19.8 Å². The van der Waals surface area contributed by atoms with Gasteiger partial charge >= 0.3 is 8.80 Å². The molecule has 1 N–H and O–H groups in total. The van der Waals surface area contributed by atoms with Gasteiger partial charge in [0, 0.05) is 32.5 Å². The van der Waals surface area contributed by atoms with Crippen LogP contribution in [0.4, 0.5) is 0 Å². The molecule has 0 aromatic heterocycles. The summed E-state index contributed by atoms with van der Waals surface area (Å²) in [6.07, 6.45) is 9.05. The predicted molar refractivity (Wildman–Crippen MR) is 125 cm³/mol. The van der Waals surface area contributed by atoms with Gasteiger partial charge in [0.25, 0.3) is 0 Å². The monoisotopic (exact) mass is 435 g/mol. The fourth-order valence-corrected chi connectivity index (χ4v) is 8.17. The maximum Gasteiger partial charge on any atom is 0.500 e. The van der Waals surface area contributed by atoms with Gasteiger partial charge < -0.3 is 23.0 Å². The first-order valence-electron chi connectivity index (χ1n) is 11.7. The van der Waals surface area contributed by atoms with Gasteiger partial charge in [-0.05, 0) is 72.8 Å². The molecule has 0 saturated carbocycles. The molecule has 0 amide bonds. The summed E-state index contributed by atoms with van der Waals surface area (Å²) in [5.41, 5.74) is 0. The maximum atomic E-state index is 5.90. The molecule has 28 heavy (non-hydrogen) atoms. The molecular formula is C21H49NO4Si2. The average Bonchev–Trinajstić information content (AvgIpc) is 2.63. The molecule has 0 saturated heterocycles. The van der Waals surface area contributed by atoms with Crippen molar-refractivity contribution in [2.24, 2.45) is 0 Å². The first-order valence-corrected chi connectivity index (χ1v) is 16.8. The van der Waals surface area contributed by atoms with Crippen molar-refractivity contribution in [3.63, 3.8) is 0 Å². The summed E-state index contributed by atoms with van der Waals surface area (Å²) < 4.78 is 23.6. The zero-order valence-electron chi connectivity index (χ0n) is 19.7. The second-order valence-corrected chi connectivity index (χ2v) is 14.9. The van der Waals surface area contributed by atoms with Crippen molar-refractivity contribution >= 4 is 17.1 Å². The summed E-state index contributed by atoms with van der Waals surface area (Å²) in [5, 5.41) is 3.56. The first-order chi connectivity index (χ1) is 13.4. The molecule has 0 aliphatic carbocycles. The first kappa shape index (κ1) is 28.2. The number of unbranched alkanes of at least 4 members (excludes halogenated alkanes) is 5. The molecule has 0 unspecified atom stereocenters. The largest absolute Gasteiger partial charge is 0.500 e. The van der Waals surface area contributed by atoms with E-state index in [4.69, 9.17) is 17.7 Å². The van der Waals surface area contributed by atoms with Crippen LogP contribution in [-0.4, -0.2) is 56.6 Å². The van der Waals surface area contributed by atoms with Crippen molar-refractivity contribution in [2.45, 2.75) is 97.8 Å². The summed E-state index contributed by atoms with van der Waals surface area (Å²) in [6, 6.07) is 2.20. The molecule has 170 valence electrons. The molecule has 0 bridgehead atoms.